The molecule has 0 saturated heterocycles. The molecule has 1 aromatic heterocycles. The number of hydrogen-bond donors (Lipinski definition) is 2. The summed E-state index contributed by atoms with van der Waals surface area (Å²) in [4.78, 5) is 14.9. The largest absolute Gasteiger partial charge is 0.396 e. The van der Waals surface area contributed by atoms with E-state index in [0.29, 0.717) is 17.1 Å². The fourth-order valence-corrected chi connectivity index (χ4v) is 1.91. The van der Waals surface area contributed by atoms with Crippen molar-refractivity contribution in [3.8, 4) is 0 Å². The van der Waals surface area contributed by atoms with Crippen LogP contribution in [-0.2, 0) is 0 Å². The monoisotopic (exact) mass is 271 g/mol. The van der Waals surface area contributed by atoms with E-state index in [-0.39, 0.29) is 6.61 Å². The minimum atomic E-state index is 0.194. The number of aliphatic hydroxyl groups excluding tert-OH is 1. The third-order valence-electron chi connectivity index (χ3n) is 2.07. The Bertz CT molecular complexity index is 361. The molecule has 0 aliphatic heterocycles. The van der Waals surface area contributed by atoms with E-state index < -0.39 is 0 Å². The molecule has 0 aliphatic rings. The lowest BCUT2D eigenvalue weighted by Gasteiger charge is -2.13. The van der Waals surface area contributed by atoms with Gasteiger partial charge in [-0.1, -0.05) is 18.7 Å². The van der Waals surface area contributed by atoms with Crippen LogP contribution in [0.5, 0.6) is 0 Å². The molecular weight excluding hydrogens is 250 g/mol. The van der Waals surface area contributed by atoms with E-state index >= 15 is 0 Å². The molecule has 1 rings (SSSR count). The van der Waals surface area contributed by atoms with E-state index in [1.807, 2.05) is 19.0 Å². The van der Waals surface area contributed by atoms with Crippen molar-refractivity contribution in [2.75, 3.05) is 43.2 Å². The van der Waals surface area contributed by atoms with Crippen LogP contribution in [0.4, 0.5) is 11.9 Å². The molecule has 1 heterocycles. The first-order valence-electron chi connectivity index (χ1n) is 6.08. The lowest BCUT2D eigenvalue weighted by atomic mass is 10.5. The number of nitrogens with zero attached hydrogens (tertiary/aromatic N) is 4. The molecule has 0 spiro atoms. The first-order valence-corrected chi connectivity index (χ1v) is 7.06. The number of nitrogens with one attached hydrogen (secondary N) is 1. The van der Waals surface area contributed by atoms with Gasteiger partial charge in [-0.15, -0.1) is 0 Å². The molecule has 1 aromatic rings. The number of aliphatic hydroxyl groups is 1. The zero-order chi connectivity index (χ0) is 13.4. The van der Waals surface area contributed by atoms with Gasteiger partial charge < -0.3 is 15.3 Å². The van der Waals surface area contributed by atoms with Crippen LogP contribution < -0.4 is 10.2 Å². The van der Waals surface area contributed by atoms with Gasteiger partial charge in [0, 0.05) is 33.0 Å². The minimum absolute atomic E-state index is 0.194. The van der Waals surface area contributed by atoms with Crippen molar-refractivity contribution in [2.45, 2.75) is 24.9 Å². The van der Waals surface area contributed by atoms with Gasteiger partial charge in [0.2, 0.25) is 11.9 Å². The second-order valence-corrected chi connectivity index (χ2v) is 5.05. The molecule has 2 N–H and O–H groups in total. The fraction of sp³-hybridized carbons (Fsp3) is 0.727. The molecule has 0 saturated carbocycles. The quantitative estimate of drug-likeness (QED) is 0.544. The second kappa shape index (κ2) is 8.10. The standard InChI is InChI=1S/C11H21N5OS/c1-4-6-12-9-13-10(16(2)3)15-11(14-9)18-8-5-7-17/h17H,4-8H2,1-3H3,(H,12,13,14,15). The zero-order valence-electron chi connectivity index (χ0n) is 11.2. The first kappa shape index (κ1) is 15.0. The highest BCUT2D eigenvalue weighted by molar-refractivity contribution is 7.99. The third kappa shape index (κ3) is 5.05. The molecule has 0 atom stereocenters. The molecule has 0 unspecified atom stereocenters. The molecule has 7 heteroatoms. The summed E-state index contributed by atoms with van der Waals surface area (Å²) in [7, 11) is 3.81. The summed E-state index contributed by atoms with van der Waals surface area (Å²) in [6, 6.07) is 0. The smallest absolute Gasteiger partial charge is 0.230 e. The Morgan fingerprint density at radius 1 is 1.28 bits per heavy atom. The van der Waals surface area contributed by atoms with Crippen molar-refractivity contribution in [3.63, 3.8) is 0 Å². The molecule has 0 fully saturated rings. The summed E-state index contributed by atoms with van der Waals surface area (Å²) in [6.45, 7) is 3.13. The van der Waals surface area contributed by atoms with E-state index in [1.54, 1.807) is 0 Å². The molecular formula is C11H21N5OS. The number of hydrogen-bond acceptors (Lipinski definition) is 7. The average Bonchev–Trinajstić information content (AvgIpc) is 2.36. The maximum Gasteiger partial charge on any atom is 0.230 e. The highest BCUT2D eigenvalue weighted by Gasteiger charge is 2.08. The van der Waals surface area contributed by atoms with Crippen molar-refractivity contribution >= 4 is 23.7 Å². The normalized spacial score (nSPS) is 10.4. The Hall–Kier alpha value is -1.08. The maximum absolute atomic E-state index is 8.77. The molecule has 0 radical (unpaired) electrons. The molecule has 0 amide bonds. The molecule has 18 heavy (non-hydrogen) atoms. The Kier molecular flexibility index (Phi) is 6.74. The lowest BCUT2D eigenvalue weighted by Crippen LogP contribution is -2.16. The highest BCUT2D eigenvalue weighted by Crippen LogP contribution is 2.18. The number of thioether (sulfide) groups is 1. The van der Waals surface area contributed by atoms with Gasteiger partial charge in [0.1, 0.15) is 0 Å². The van der Waals surface area contributed by atoms with E-state index in [2.05, 4.69) is 27.2 Å². The predicted octanol–water partition coefficient (Wildman–Crippen LogP) is 1.23. The number of aromatic nitrogens is 3. The number of anilines is 2. The Morgan fingerprint density at radius 2 is 2.06 bits per heavy atom. The van der Waals surface area contributed by atoms with Crippen LogP contribution in [0.25, 0.3) is 0 Å². The topological polar surface area (TPSA) is 74.2 Å². The molecule has 6 nitrogen and oxygen atoms in total. The van der Waals surface area contributed by atoms with Gasteiger partial charge in [0.25, 0.3) is 0 Å². The predicted molar refractivity (Wildman–Crippen MR) is 75.4 cm³/mol. The van der Waals surface area contributed by atoms with Crippen LogP contribution >= 0.6 is 11.8 Å². The third-order valence-corrected chi connectivity index (χ3v) is 3.00. The SMILES string of the molecule is CCCNc1nc(SCCCO)nc(N(C)C)n1. The molecule has 0 aromatic carbocycles. The van der Waals surface area contributed by atoms with Gasteiger partial charge >= 0.3 is 0 Å². The minimum Gasteiger partial charge on any atom is -0.396 e. The van der Waals surface area contributed by atoms with Crippen molar-refractivity contribution in [3.05, 3.63) is 0 Å². The summed E-state index contributed by atoms with van der Waals surface area (Å²) >= 11 is 1.54. The van der Waals surface area contributed by atoms with Crippen LogP contribution in [0.15, 0.2) is 5.16 Å². The highest BCUT2D eigenvalue weighted by atomic mass is 32.2. The summed E-state index contributed by atoms with van der Waals surface area (Å²) in [6.07, 6.45) is 1.77. The van der Waals surface area contributed by atoms with Crippen molar-refractivity contribution < 1.29 is 5.11 Å². The molecule has 0 aliphatic carbocycles. The maximum atomic E-state index is 8.77. The lowest BCUT2D eigenvalue weighted by molar-refractivity contribution is 0.296. The van der Waals surface area contributed by atoms with Gasteiger partial charge in [-0.2, -0.15) is 15.0 Å². The van der Waals surface area contributed by atoms with E-state index in [0.717, 1.165) is 25.1 Å². The van der Waals surface area contributed by atoms with Gasteiger partial charge in [-0.25, -0.2) is 0 Å². The van der Waals surface area contributed by atoms with Gasteiger partial charge in [-0.3, -0.25) is 0 Å². The summed E-state index contributed by atoms with van der Waals surface area (Å²) in [5.41, 5.74) is 0. The van der Waals surface area contributed by atoms with Crippen molar-refractivity contribution in [1.82, 2.24) is 15.0 Å². The first-order chi connectivity index (χ1) is 8.67. The van der Waals surface area contributed by atoms with Crippen LogP contribution in [-0.4, -0.2) is 53.1 Å². The van der Waals surface area contributed by atoms with Crippen LogP contribution in [0.2, 0.25) is 0 Å². The van der Waals surface area contributed by atoms with Gasteiger partial charge in [0.05, 0.1) is 0 Å². The van der Waals surface area contributed by atoms with Crippen LogP contribution in [0, 0.1) is 0 Å². The summed E-state index contributed by atoms with van der Waals surface area (Å²) < 4.78 is 0. The average molecular weight is 271 g/mol. The van der Waals surface area contributed by atoms with Gasteiger partial charge in [-0.05, 0) is 12.8 Å². The number of rotatable bonds is 8. The fourth-order valence-electron chi connectivity index (χ4n) is 1.15. The zero-order valence-corrected chi connectivity index (χ0v) is 12.0. The van der Waals surface area contributed by atoms with Gasteiger partial charge in [0.15, 0.2) is 5.16 Å². The molecule has 102 valence electrons. The Morgan fingerprint density at radius 3 is 2.67 bits per heavy atom. The van der Waals surface area contributed by atoms with Crippen LogP contribution in [0.3, 0.4) is 0 Å². The summed E-state index contributed by atoms with van der Waals surface area (Å²) in [5, 5.41) is 12.6. The second-order valence-electron chi connectivity index (χ2n) is 3.99. The Balaban J connectivity index is 2.77. The molecule has 0 bridgehead atoms. The van der Waals surface area contributed by atoms with Crippen molar-refractivity contribution in [2.24, 2.45) is 0 Å². The van der Waals surface area contributed by atoms with E-state index in [4.69, 9.17) is 5.11 Å². The van der Waals surface area contributed by atoms with E-state index in [9.17, 15) is 0 Å². The Labute approximate surface area is 112 Å². The summed E-state index contributed by atoms with van der Waals surface area (Å²) in [5.74, 6) is 2.07. The van der Waals surface area contributed by atoms with Crippen molar-refractivity contribution in [1.29, 1.82) is 0 Å². The van der Waals surface area contributed by atoms with E-state index in [1.165, 1.54) is 11.8 Å². The van der Waals surface area contributed by atoms with Crippen LogP contribution in [0.1, 0.15) is 19.8 Å².